The zero-order valence-corrected chi connectivity index (χ0v) is 11.9. The molecule has 1 aliphatic carbocycles. The molecule has 0 unspecified atom stereocenters. The monoisotopic (exact) mass is 271 g/mol. The predicted octanol–water partition coefficient (Wildman–Crippen LogP) is 2.29. The fraction of sp³-hybridized carbons (Fsp3) is 0.471. The fourth-order valence-corrected chi connectivity index (χ4v) is 2.40. The molecule has 1 saturated carbocycles. The Bertz CT molecular complexity index is 523. The van der Waals surface area contributed by atoms with Crippen molar-refractivity contribution in [2.45, 2.75) is 26.2 Å². The van der Waals surface area contributed by atoms with Gasteiger partial charge in [0, 0.05) is 24.2 Å². The summed E-state index contributed by atoms with van der Waals surface area (Å²) in [6.07, 6.45) is 3.78. The fourth-order valence-electron chi connectivity index (χ4n) is 2.40. The number of amides is 1. The van der Waals surface area contributed by atoms with Gasteiger partial charge in [-0.3, -0.25) is 4.79 Å². The van der Waals surface area contributed by atoms with E-state index in [9.17, 15) is 4.79 Å². The first-order chi connectivity index (χ1) is 9.74. The highest BCUT2D eigenvalue weighted by Gasteiger charge is 2.23. The molecule has 1 amide bonds. The SMILES string of the molecule is CCN(CC1CCC1)C(=O)c1cccc(C#CCO)c1. The van der Waals surface area contributed by atoms with Gasteiger partial charge in [-0.15, -0.1) is 0 Å². The van der Waals surface area contributed by atoms with Crippen molar-refractivity contribution in [2.24, 2.45) is 5.92 Å². The molecule has 0 saturated heterocycles. The van der Waals surface area contributed by atoms with Gasteiger partial charge < -0.3 is 10.0 Å². The van der Waals surface area contributed by atoms with Crippen LogP contribution in [0.25, 0.3) is 0 Å². The van der Waals surface area contributed by atoms with Crippen molar-refractivity contribution in [1.82, 2.24) is 4.90 Å². The Kier molecular flexibility index (Phi) is 5.20. The highest BCUT2D eigenvalue weighted by molar-refractivity contribution is 5.94. The van der Waals surface area contributed by atoms with E-state index in [1.54, 1.807) is 6.07 Å². The molecule has 2 rings (SSSR count). The second-order valence-electron chi connectivity index (χ2n) is 5.18. The van der Waals surface area contributed by atoms with E-state index in [4.69, 9.17) is 5.11 Å². The van der Waals surface area contributed by atoms with E-state index in [0.717, 1.165) is 18.7 Å². The van der Waals surface area contributed by atoms with E-state index in [0.29, 0.717) is 11.5 Å². The van der Waals surface area contributed by atoms with Crippen molar-refractivity contribution in [3.05, 3.63) is 35.4 Å². The minimum absolute atomic E-state index is 0.0760. The molecule has 3 heteroatoms. The van der Waals surface area contributed by atoms with Gasteiger partial charge >= 0.3 is 0 Å². The summed E-state index contributed by atoms with van der Waals surface area (Å²) in [7, 11) is 0. The van der Waals surface area contributed by atoms with Crippen LogP contribution < -0.4 is 0 Å². The maximum Gasteiger partial charge on any atom is 0.253 e. The van der Waals surface area contributed by atoms with E-state index in [1.807, 2.05) is 30.0 Å². The number of benzene rings is 1. The summed E-state index contributed by atoms with van der Waals surface area (Å²) in [6, 6.07) is 7.32. The zero-order chi connectivity index (χ0) is 14.4. The summed E-state index contributed by atoms with van der Waals surface area (Å²) in [5.41, 5.74) is 1.44. The minimum Gasteiger partial charge on any atom is -0.384 e. The second kappa shape index (κ2) is 7.12. The second-order valence-corrected chi connectivity index (χ2v) is 5.18. The van der Waals surface area contributed by atoms with Crippen LogP contribution in [0.1, 0.15) is 42.1 Å². The highest BCUT2D eigenvalue weighted by atomic mass is 16.2. The number of hydrogen-bond acceptors (Lipinski definition) is 2. The van der Waals surface area contributed by atoms with Crippen LogP contribution >= 0.6 is 0 Å². The van der Waals surface area contributed by atoms with Gasteiger partial charge in [-0.2, -0.15) is 0 Å². The first-order valence-electron chi connectivity index (χ1n) is 7.23. The molecule has 3 nitrogen and oxygen atoms in total. The van der Waals surface area contributed by atoms with Crippen molar-refractivity contribution in [2.75, 3.05) is 19.7 Å². The summed E-state index contributed by atoms with van der Waals surface area (Å²) >= 11 is 0. The Morgan fingerprint density at radius 2 is 2.25 bits per heavy atom. The molecule has 106 valence electrons. The van der Waals surface area contributed by atoms with Crippen molar-refractivity contribution in [3.63, 3.8) is 0 Å². The molecule has 1 aliphatic rings. The van der Waals surface area contributed by atoms with Crippen LogP contribution in [0.2, 0.25) is 0 Å². The molecule has 1 aromatic carbocycles. The van der Waals surface area contributed by atoms with Crippen molar-refractivity contribution >= 4 is 5.91 Å². The Morgan fingerprint density at radius 1 is 1.45 bits per heavy atom. The van der Waals surface area contributed by atoms with E-state index in [2.05, 4.69) is 11.8 Å². The molecule has 1 fully saturated rings. The smallest absolute Gasteiger partial charge is 0.253 e. The minimum atomic E-state index is -0.166. The van der Waals surface area contributed by atoms with Crippen LogP contribution in [0, 0.1) is 17.8 Å². The highest BCUT2D eigenvalue weighted by Crippen LogP contribution is 2.27. The van der Waals surface area contributed by atoms with Gasteiger partial charge in [-0.1, -0.05) is 24.3 Å². The average Bonchev–Trinajstić information content (AvgIpc) is 2.44. The number of aliphatic hydroxyl groups excluding tert-OH is 1. The van der Waals surface area contributed by atoms with Gasteiger partial charge in [0.1, 0.15) is 6.61 Å². The van der Waals surface area contributed by atoms with Gasteiger partial charge in [-0.25, -0.2) is 0 Å². The summed E-state index contributed by atoms with van der Waals surface area (Å²) in [5, 5.41) is 8.72. The Morgan fingerprint density at radius 3 is 2.85 bits per heavy atom. The number of rotatable bonds is 4. The lowest BCUT2D eigenvalue weighted by Crippen LogP contribution is -2.37. The first-order valence-corrected chi connectivity index (χ1v) is 7.23. The van der Waals surface area contributed by atoms with Crippen molar-refractivity contribution in [3.8, 4) is 11.8 Å². The molecule has 20 heavy (non-hydrogen) atoms. The summed E-state index contributed by atoms with van der Waals surface area (Å²) in [5.74, 6) is 6.20. The maximum absolute atomic E-state index is 12.5. The van der Waals surface area contributed by atoms with Crippen LogP contribution in [-0.2, 0) is 0 Å². The topological polar surface area (TPSA) is 40.5 Å². The van der Waals surface area contributed by atoms with Crippen molar-refractivity contribution < 1.29 is 9.90 Å². The van der Waals surface area contributed by atoms with E-state index in [-0.39, 0.29) is 12.5 Å². The summed E-state index contributed by atoms with van der Waals surface area (Å²) < 4.78 is 0. The summed E-state index contributed by atoms with van der Waals surface area (Å²) in [6.45, 7) is 3.46. The molecular formula is C17H21NO2. The normalized spacial score (nSPS) is 14.1. The van der Waals surface area contributed by atoms with Crippen LogP contribution in [0.5, 0.6) is 0 Å². The van der Waals surface area contributed by atoms with Gasteiger partial charge in [0.25, 0.3) is 5.91 Å². The molecule has 0 heterocycles. The van der Waals surface area contributed by atoms with Gasteiger partial charge in [0.05, 0.1) is 0 Å². The number of carbonyl (C=O) groups excluding carboxylic acids is 1. The molecule has 0 aliphatic heterocycles. The van der Waals surface area contributed by atoms with Crippen molar-refractivity contribution in [1.29, 1.82) is 0 Å². The molecule has 1 N–H and O–H groups in total. The molecule has 0 aromatic heterocycles. The molecular weight excluding hydrogens is 250 g/mol. The molecule has 0 radical (unpaired) electrons. The number of hydrogen-bond donors (Lipinski definition) is 1. The zero-order valence-electron chi connectivity index (χ0n) is 11.9. The lowest BCUT2D eigenvalue weighted by molar-refractivity contribution is 0.0706. The molecule has 0 spiro atoms. The van der Waals surface area contributed by atoms with E-state index < -0.39 is 0 Å². The predicted molar refractivity (Wildman–Crippen MR) is 79.3 cm³/mol. The third-order valence-electron chi connectivity index (χ3n) is 3.79. The Balaban J connectivity index is 2.09. The van der Waals surface area contributed by atoms with E-state index >= 15 is 0 Å². The number of carbonyl (C=O) groups is 1. The largest absolute Gasteiger partial charge is 0.384 e. The molecule has 0 bridgehead atoms. The van der Waals surface area contributed by atoms with Gasteiger partial charge in [0.15, 0.2) is 0 Å². The third-order valence-corrected chi connectivity index (χ3v) is 3.79. The lowest BCUT2D eigenvalue weighted by atomic mass is 9.85. The quantitative estimate of drug-likeness (QED) is 0.854. The van der Waals surface area contributed by atoms with Crippen LogP contribution in [0.3, 0.4) is 0 Å². The number of nitrogens with zero attached hydrogens (tertiary/aromatic N) is 1. The third kappa shape index (κ3) is 3.61. The molecule has 1 aromatic rings. The maximum atomic E-state index is 12.5. The standard InChI is InChI=1S/C17H21NO2/c1-2-18(13-15-7-3-8-15)17(20)16-10-4-6-14(12-16)9-5-11-19/h4,6,10,12,15,19H,2-3,7-8,11,13H2,1H3. The summed E-state index contributed by atoms with van der Waals surface area (Å²) in [4.78, 5) is 14.4. The lowest BCUT2D eigenvalue weighted by Gasteiger charge is -2.31. The van der Waals surface area contributed by atoms with Crippen LogP contribution in [-0.4, -0.2) is 35.6 Å². The van der Waals surface area contributed by atoms with Crippen LogP contribution in [0.15, 0.2) is 24.3 Å². The van der Waals surface area contributed by atoms with Gasteiger partial charge in [-0.05, 0) is 43.9 Å². The Labute approximate surface area is 120 Å². The molecule has 0 atom stereocenters. The number of aliphatic hydroxyl groups is 1. The Hall–Kier alpha value is -1.79. The first kappa shape index (κ1) is 14.6. The van der Waals surface area contributed by atoms with Gasteiger partial charge in [0.2, 0.25) is 0 Å². The average molecular weight is 271 g/mol. The van der Waals surface area contributed by atoms with E-state index in [1.165, 1.54) is 19.3 Å². The van der Waals surface area contributed by atoms with Crippen LogP contribution in [0.4, 0.5) is 0 Å².